The maximum atomic E-state index is 6.08. The summed E-state index contributed by atoms with van der Waals surface area (Å²) in [5, 5.41) is 5.19. The molecule has 2 N–H and O–H groups in total. The predicted octanol–water partition coefficient (Wildman–Crippen LogP) is 2.47. The lowest BCUT2D eigenvalue weighted by Gasteiger charge is -2.01. The molecule has 0 aliphatic heterocycles. The molecule has 2 rings (SSSR count). The summed E-state index contributed by atoms with van der Waals surface area (Å²) in [6, 6.07) is 7.93. The van der Waals surface area contributed by atoms with Gasteiger partial charge in [-0.15, -0.1) is 0 Å². The number of nitrogens with zero attached hydrogens (tertiary/aromatic N) is 2. The van der Waals surface area contributed by atoms with Crippen LogP contribution in [0.25, 0.3) is 11.3 Å². The molecule has 0 unspecified atom stereocenters. The Labute approximate surface area is 99.8 Å². The van der Waals surface area contributed by atoms with Crippen molar-refractivity contribution in [3.8, 4) is 11.3 Å². The molecule has 0 aliphatic rings. The molecule has 0 amide bonds. The first kappa shape index (κ1) is 11.2. The molecule has 84 valence electrons. The van der Waals surface area contributed by atoms with Crippen molar-refractivity contribution in [2.75, 3.05) is 6.54 Å². The highest BCUT2D eigenvalue weighted by Gasteiger charge is 2.04. The number of aromatic nitrogens is 2. The second kappa shape index (κ2) is 4.68. The van der Waals surface area contributed by atoms with E-state index in [2.05, 4.69) is 5.10 Å². The second-order valence-electron chi connectivity index (χ2n) is 3.72. The van der Waals surface area contributed by atoms with Crippen LogP contribution in [-0.2, 0) is 6.54 Å². The van der Waals surface area contributed by atoms with Gasteiger partial charge in [-0.2, -0.15) is 5.10 Å². The second-order valence-corrected chi connectivity index (χ2v) is 4.12. The number of halogens is 1. The molecular weight excluding hydrogens is 222 g/mol. The Hall–Kier alpha value is -1.32. The van der Waals surface area contributed by atoms with Crippen LogP contribution in [0.5, 0.6) is 0 Å². The van der Waals surface area contributed by atoms with Gasteiger partial charge in [0.1, 0.15) is 0 Å². The van der Waals surface area contributed by atoms with Gasteiger partial charge >= 0.3 is 0 Å². The van der Waals surface area contributed by atoms with Crippen LogP contribution in [0.3, 0.4) is 0 Å². The average Bonchev–Trinajstić information content (AvgIpc) is 2.71. The number of hydrogen-bond donors (Lipinski definition) is 1. The minimum atomic E-state index is 0.593. The van der Waals surface area contributed by atoms with E-state index in [1.807, 2.05) is 42.1 Å². The first-order valence-corrected chi connectivity index (χ1v) is 5.58. The molecule has 1 aromatic carbocycles. The lowest BCUT2D eigenvalue weighted by molar-refractivity contribution is 0.627. The maximum Gasteiger partial charge on any atom is 0.0923 e. The van der Waals surface area contributed by atoms with Gasteiger partial charge in [0.05, 0.1) is 12.2 Å². The van der Waals surface area contributed by atoms with Gasteiger partial charge in [0.25, 0.3) is 0 Å². The highest BCUT2D eigenvalue weighted by molar-refractivity contribution is 6.31. The Morgan fingerprint density at radius 1 is 1.38 bits per heavy atom. The van der Waals surface area contributed by atoms with E-state index in [9.17, 15) is 0 Å². The summed E-state index contributed by atoms with van der Waals surface area (Å²) >= 11 is 6.08. The molecular formula is C12H14ClN3. The molecule has 0 saturated heterocycles. The molecule has 1 aromatic heterocycles. The van der Waals surface area contributed by atoms with E-state index in [0.29, 0.717) is 6.54 Å². The van der Waals surface area contributed by atoms with Gasteiger partial charge in [0.2, 0.25) is 0 Å². The Balaban J connectivity index is 2.31. The third kappa shape index (κ3) is 2.26. The molecule has 0 radical (unpaired) electrons. The number of hydrogen-bond acceptors (Lipinski definition) is 2. The highest BCUT2D eigenvalue weighted by Crippen LogP contribution is 2.23. The standard InChI is InChI=1S/C12H14ClN3/c1-9-2-3-10(8-11(9)13)12-4-6-16(15-12)7-5-14/h2-4,6,8H,5,7,14H2,1H3. The van der Waals surface area contributed by atoms with Gasteiger partial charge in [-0.1, -0.05) is 23.7 Å². The van der Waals surface area contributed by atoms with Gasteiger partial charge in [-0.05, 0) is 24.6 Å². The van der Waals surface area contributed by atoms with Gasteiger partial charge < -0.3 is 5.73 Å². The molecule has 0 fully saturated rings. The van der Waals surface area contributed by atoms with E-state index in [4.69, 9.17) is 17.3 Å². The van der Waals surface area contributed by atoms with Gasteiger partial charge in [-0.3, -0.25) is 4.68 Å². The van der Waals surface area contributed by atoms with Crippen LogP contribution in [-0.4, -0.2) is 16.3 Å². The Morgan fingerprint density at radius 3 is 2.88 bits per heavy atom. The fourth-order valence-corrected chi connectivity index (χ4v) is 1.71. The van der Waals surface area contributed by atoms with Crippen molar-refractivity contribution >= 4 is 11.6 Å². The van der Waals surface area contributed by atoms with Gasteiger partial charge in [0, 0.05) is 23.3 Å². The molecule has 0 atom stereocenters. The smallest absolute Gasteiger partial charge is 0.0923 e. The van der Waals surface area contributed by atoms with Crippen molar-refractivity contribution in [1.29, 1.82) is 0 Å². The first-order valence-electron chi connectivity index (χ1n) is 5.21. The third-order valence-electron chi connectivity index (χ3n) is 2.47. The summed E-state index contributed by atoms with van der Waals surface area (Å²) in [5.41, 5.74) is 8.51. The molecule has 0 spiro atoms. The summed E-state index contributed by atoms with van der Waals surface area (Å²) in [5.74, 6) is 0. The molecule has 3 nitrogen and oxygen atoms in total. The largest absolute Gasteiger partial charge is 0.329 e. The van der Waals surface area contributed by atoms with Crippen LogP contribution >= 0.6 is 11.6 Å². The SMILES string of the molecule is Cc1ccc(-c2ccn(CCN)n2)cc1Cl. The van der Waals surface area contributed by atoms with Crippen molar-refractivity contribution in [2.24, 2.45) is 5.73 Å². The Bertz CT molecular complexity index is 491. The molecule has 2 aromatic rings. The summed E-state index contributed by atoms with van der Waals surface area (Å²) in [7, 11) is 0. The average molecular weight is 236 g/mol. The minimum absolute atomic E-state index is 0.593. The zero-order chi connectivity index (χ0) is 11.5. The van der Waals surface area contributed by atoms with E-state index in [1.165, 1.54) is 0 Å². The van der Waals surface area contributed by atoms with E-state index >= 15 is 0 Å². The quantitative estimate of drug-likeness (QED) is 0.888. The van der Waals surface area contributed by atoms with Crippen LogP contribution in [0.4, 0.5) is 0 Å². The number of aryl methyl sites for hydroxylation is 1. The van der Waals surface area contributed by atoms with Gasteiger partial charge in [0.15, 0.2) is 0 Å². The number of rotatable bonds is 3. The summed E-state index contributed by atoms with van der Waals surface area (Å²) < 4.78 is 1.84. The third-order valence-corrected chi connectivity index (χ3v) is 2.87. The zero-order valence-electron chi connectivity index (χ0n) is 9.15. The summed E-state index contributed by atoms with van der Waals surface area (Å²) in [6.07, 6.45) is 1.93. The normalized spacial score (nSPS) is 10.7. The molecule has 0 aliphatic carbocycles. The molecule has 4 heteroatoms. The first-order chi connectivity index (χ1) is 7.70. The minimum Gasteiger partial charge on any atom is -0.329 e. The molecule has 16 heavy (non-hydrogen) atoms. The van der Waals surface area contributed by atoms with Gasteiger partial charge in [-0.25, -0.2) is 0 Å². The molecule has 1 heterocycles. The highest BCUT2D eigenvalue weighted by atomic mass is 35.5. The van der Waals surface area contributed by atoms with Crippen LogP contribution in [0, 0.1) is 6.92 Å². The fraction of sp³-hybridized carbons (Fsp3) is 0.250. The van der Waals surface area contributed by atoms with Crippen molar-refractivity contribution < 1.29 is 0 Å². The Kier molecular flexibility index (Phi) is 3.27. The topological polar surface area (TPSA) is 43.8 Å². The van der Waals surface area contributed by atoms with Crippen molar-refractivity contribution in [3.05, 3.63) is 41.0 Å². The van der Waals surface area contributed by atoms with E-state index in [0.717, 1.165) is 28.4 Å². The molecule has 0 bridgehead atoms. The van der Waals surface area contributed by atoms with Crippen molar-refractivity contribution in [1.82, 2.24) is 9.78 Å². The zero-order valence-corrected chi connectivity index (χ0v) is 9.91. The van der Waals surface area contributed by atoms with Crippen LogP contribution in [0.2, 0.25) is 5.02 Å². The van der Waals surface area contributed by atoms with E-state index in [-0.39, 0.29) is 0 Å². The van der Waals surface area contributed by atoms with Crippen molar-refractivity contribution in [3.63, 3.8) is 0 Å². The monoisotopic (exact) mass is 235 g/mol. The lowest BCUT2D eigenvalue weighted by atomic mass is 10.1. The summed E-state index contributed by atoms with van der Waals surface area (Å²) in [6.45, 7) is 3.31. The fourth-order valence-electron chi connectivity index (χ4n) is 1.52. The number of nitrogens with two attached hydrogens (primary N) is 1. The van der Waals surface area contributed by atoms with Crippen LogP contribution < -0.4 is 5.73 Å². The summed E-state index contributed by atoms with van der Waals surface area (Å²) in [4.78, 5) is 0. The predicted molar refractivity (Wildman–Crippen MR) is 66.5 cm³/mol. The van der Waals surface area contributed by atoms with Crippen LogP contribution in [0.1, 0.15) is 5.56 Å². The maximum absolute atomic E-state index is 6.08. The van der Waals surface area contributed by atoms with Crippen molar-refractivity contribution in [2.45, 2.75) is 13.5 Å². The van der Waals surface area contributed by atoms with E-state index < -0.39 is 0 Å². The Morgan fingerprint density at radius 2 is 2.19 bits per heavy atom. The van der Waals surface area contributed by atoms with Crippen LogP contribution in [0.15, 0.2) is 30.5 Å². The van der Waals surface area contributed by atoms with E-state index in [1.54, 1.807) is 0 Å². The lowest BCUT2D eigenvalue weighted by Crippen LogP contribution is -2.09. The number of benzene rings is 1. The molecule has 0 saturated carbocycles.